The quantitative estimate of drug-likeness (QED) is 0.601. The molecule has 0 heterocycles. The molecule has 4 nitrogen and oxygen atoms in total. The number of carbonyl (C=O) groups is 1. The number of amides is 1. The fourth-order valence-corrected chi connectivity index (χ4v) is 2.97. The second kappa shape index (κ2) is 7.41. The summed E-state index contributed by atoms with van der Waals surface area (Å²) in [5.41, 5.74) is 5.44. The fourth-order valence-electron chi connectivity index (χ4n) is 2.97. The van der Waals surface area contributed by atoms with Gasteiger partial charge >= 0.3 is 0 Å². The molecule has 1 aliphatic rings. The van der Waals surface area contributed by atoms with Gasteiger partial charge in [-0.05, 0) is 23.7 Å². The zero-order valence-electron chi connectivity index (χ0n) is 13.7. The Morgan fingerprint density at radius 2 is 2.00 bits per heavy atom. The molecule has 4 heteroatoms. The summed E-state index contributed by atoms with van der Waals surface area (Å²) >= 11 is 0. The van der Waals surface area contributed by atoms with Gasteiger partial charge in [-0.2, -0.15) is 0 Å². The van der Waals surface area contributed by atoms with Crippen molar-refractivity contribution in [3.05, 3.63) is 12.2 Å². The summed E-state index contributed by atoms with van der Waals surface area (Å²) < 4.78 is 0. The molecular weight excluding hydrogens is 266 g/mol. The first-order chi connectivity index (χ1) is 9.65. The van der Waals surface area contributed by atoms with Gasteiger partial charge in [0.25, 0.3) is 0 Å². The Kier molecular flexibility index (Phi) is 6.41. The van der Waals surface area contributed by atoms with E-state index in [0.29, 0.717) is 5.92 Å². The lowest BCUT2D eigenvalue weighted by molar-refractivity contribution is -0.127. The molecule has 0 aromatic heterocycles. The van der Waals surface area contributed by atoms with Crippen LogP contribution in [0.2, 0.25) is 0 Å². The summed E-state index contributed by atoms with van der Waals surface area (Å²) in [6.07, 6.45) is 5.28. The number of rotatable bonds is 8. The normalized spacial score (nSPS) is 26.6. The largest absolute Gasteiger partial charge is 0.392 e. The van der Waals surface area contributed by atoms with E-state index in [1.54, 1.807) is 6.08 Å². The van der Waals surface area contributed by atoms with Gasteiger partial charge < -0.3 is 15.9 Å². The van der Waals surface area contributed by atoms with Crippen molar-refractivity contribution >= 4 is 5.91 Å². The number of hydrogen-bond donors (Lipinski definition) is 3. The van der Waals surface area contributed by atoms with Crippen LogP contribution in [0.5, 0.6) is 0 Å². The summed E-state index contributed by atoms with van der Waals surface area (Å²) in [4.78, 5) is 11.6. The van der Waals surface area contributed by atoms with E-state index in [0.717, 1.165) is 19.3 Å². The molecule has 4 N–H and O–H groups in total. The third-order valence-electron chi connectivity index (χ3n) is 4.14. The number of aliphatic hydroxyl groups excluding tert-OH is 2. The Morgan fingerprint density at radius 1 is 1.38 bits per heavy atom. The number of nitrogens with two attached hydrogens (primary N) is 1. The molecule has 1 saturated carbocycles. The molecule has 1 fully saturated rings. The second-order valence-electron chi connectivity index (χ2n) is 7.47. The Hall–Kier alpha value is -0.870. The van der Waals surface area contributed by atoms with E-state index in [2.05, 4.69) is 6.92 Å². The van der Waals surface area contributed by atoms with Gasteiger partial charge in [-0.1, -0.05) is 52.7 Å². The van der Waals surface area contributed by atoms with Crippen LogP contribution in [0, 0.1) is 23.2 Å². The minimum absolute atomic E-state index is 0.0161. The SMILES string of the molecule is CCCC1CC1[C@@H](C(N)=O)[C@H](O)C[C@H](O)/C=C/C(C)(C)C. The number of aliphatic hydroxyl groups is 2. The van der Waals surface area contributed by atoms with Gasteiger partial charge in [0.15, 0.2) is 0 Å². The standard InChI is InChI=1S/C17H31NO3/c1-5-6-11-9-13(11)15(16(18)21)14(20)10-12(19)7-8-17(2,3)4/h7-8,11-15,19-20H,5-6,9-10H2,1-4H3,(H2,18,21)/b8-7+/t11?,12-,13?,14-,15-/m1/s1. The smallest absolute Gasteiger partial charge is 0.223 e. The summed E-state index contributed by atoms with van der Waals surface area (Å²) in [5, 5.41) is 20.3. The number of allylic oxidation sites excluding steroid dienone is 1. The highest BCUT2D eigenvalue weighted by Gasteiger charge is 2.47. The summed E-state index contributed by atoms with van der Waals surface area (Å²) in [7, 11) is 0. The van der Waals surface area contributed by atoms with Crippen LogP contribution in [0.15, 0.2) is 12.2 Å². The molecule has 0 bridgehead atoms. The Bertz CT molecular complexity index is 373. The van der Waals surface area contributed by atoms with Crippen molar-refractivity contribution in [2.45, 2.75) is 65.6 Å². The highest BCUT2D eigenvalue weighted by atomic mass is 16.3. The average Bonchev–Trinajstić information content (AvgIpc) is 3.04. The Balaban J connectivity index is 2.56. The van der Waals surface area contributed by atoms with E-state index in [9.17, 15) is 15.0 Å². The van der Waals surface area contributed by atoms with Crippen molar-refractivity contribution in [3.8, 4) is 0 Å². The van der Waals surface area contributed by atoms with Gasteiger partial charge in [0.2, 0.25) is 5.91 Å². The van der Waals surface area contributed by atoms with Crippen LogP contribution in [-0.2, 0) is 4.79 Å². The summed E-state index contributed by atoms with van der Waals surface area (Å²) in [5.74, 6) is -0.280. The van der Waals surface area contributed by atoms with Crippen LogP contribution in [-0.4, -0.2) is 28.3 Å². The monoisotopic (exact) mass is 297 g/mol. The third-order valence-corrected chi connectivity index (χ3v) is 4.14. The molecule has 0 saturated heterocycles. The van der Waals surface area contributed by atoms with E-state index < -0.39 is 24.0 Å². The first-order valence-corrected chi connectivity index (χ1v) is 8.00. The maximum atomic E-state index is 11.6. The zero-order valence-corrected chi connectivity index (χ0v) is 13.7. The number of carbonyl (C=O) groups excluding carboxylic acids is 1. The Morgan fingerprint density at radius 3 is 2.48 bits per heavy atom. The van der Waals surface area contributed by atoms with Crippen molar-refractivity contribution in [1.29, 1.82) is 0 Å². The molecule has 2 unspecified atom stereocenters. The number of hydrogen-bond acceptors (Lipinski definition) is 3. The molecule has 0 radical (unpaired) electrons. The number of primary amides is 1. The average molecular weight is 297 g/mol. The van der Waals surface area contributed by atoms with Crippen LogP contribution < -0.4 is 5.73 Å². The van der Waals surface area contributed by atoms with Gasteiger partial charge in [-0.25, -0.2) is 0 Å². The van der Waals surface area contributed by atoms with Crippen molar-refractivity contribution in [2.24, 2.45) is 28.9 Å². The Labute approximate surface area is 128 Å². The molecule has 0 aliphatic heterocycles. The first kappa shape index (κ1) is 18.2. The van der Waals surface area contributed by atoms with E-state index in [1.807, 2.05) is 26.8 Å². The van der Waals surface area contributed by atoms with Crippen LogP contribution in [0.25, 0.3) is 0 Å². The van der Waals surface area contributed by atoms with Crippen LogP contribution in [0.3, 0.4) is 0 Å². The third kappa shape index (κ3) is 6.18. The molecule has 1 aliphatic carbocycles. The molecule has 122 valence electrons. The molecule has 21 heavy (non-hydrogen) atoms. The predicted molar refractivity (Wildman–Crippen MR) is 84.4 cm³/mol. The second-order valence-corrected chi connectivity index (χ2v) is 7.47. The van der Waals surface area contributed by atoms with Crippen molar-refractivity contribution in [1.82, 2.24) is 0 Å². The molecule has 0 spiro atoms. The fraction of sp³-hybridized carbons (Fsp3) is 0.824. The predicted octanol–water partition coefficient (Wildman–Crippen LogP) is 2.24. The highest BCUT2D eigenvalue weighted by molar-refractivity contribution is 5.78. The summed E-state index contributed by atoms with van der Waals surface area (Å²) in [6, 6.07) is 0. The molecule has 0 aromatic rings. The van der Waals surface area contributed by atoms with Crippen LogP contribution in [0.4, 0.5) is 0 Å². The van der Waals surface area contributed by atoms with Gasteiger partial charge in [0.1, 0.15) is 0 Å². The molecule has 5 atom stereocenters. The maximum Gasteiger partial charge on any atom is 0.223 e. The van der Waals surface area contributed by atoms with E-state index in [1.165, 1.54) is 0 Å². The van der Waals surface area contributed by atoms with Crippen molar-refractivity contribution in [2.75, 3.05) is 0 Å². The lowest BCUT2D eigenvalue weighted by Crippen LogP contribution is -2.37. The lowest BCUT2D eigenvalue weighted by Gasteiger charge is -2.22. The minimum Gasteiger partial charge on any atom is -0.392 e. The van der Waals surface area contributed by atoms with Gasteiger partial charge in [0, 0.05) is 6.42 Å². The lowest BCUT2D eigenvalue weighted by atomic mass is 9.89. The van der Waals surface area contributed by atoms with E-state index >= 15 is 0 Å². The maximum absolute atomic E-state index is 11.6. The van der Waals surface area contributed by atoms with E-state index in [-0.39, 0.29) is 17.8 Å². The molecule has 1 amide bonds. The highest BCUT2D eigenvalue weighted by Crippen LogP contribution is 2.48. The first-order valence-electron chi connectivity index (χ1n) is 8.00. The van der Waals surface area contributed by atoms with Crippen LogP contribution >= 0.6 is 0 Å². The van der Waals surface area contributed by atoms with E-state index in [4.69, 9.17) is 5.73 Å². The zero-order chi connectivity index (χ0) is 16.2. The molecule has 0 aromatic carbocycles. The van der Waals surface area contributed by atoms with Gasteiger partial charge in [-0.15, -0.1) is 0 Å². The van der Waals surface area contributed by atoms with Gasteiger partial charge in [-0.3, -0.25) is 4.79 Å². The van der Waals surface area contributed by atoms with Crippen molar-refractivity contribution < 1.29 is 15.0 Å². The topological polar surface area (TPSA) is 83.6 Å². The summed E-state index contributed by atoms with van der Waals surface area (Å²) in [6.45, 7) is 8.24. The van der Waals surface area contributed by atoms with Gasteiger partial charge in [0.05, 0.1) is 18.1 Å². The van der Waals surface area contributed by atoms with Crippen LogP contribution in [0.1, 0.15) is 53.4 Å². The molecule has 1 rings (SSSR count). The minimum atomic E-state index is -0.867. The molecular formula is C17H31NO3. The van der Waals surface area contributed by atoms with Crippen molar-refractivity contribution in [3.63, 3.8) is 0 Å².